The molecule has 1 aromatic heterocycles. The van der Waals surface area contributed by atoms with Gasteiger partial charge in [0.25, 0.3) is 0 Å². The Kier molecular flexibility index (Phi) is 5.62. The first-order valence-electron chi connectivity index (χ1n) is 7.85. The minimum atomic E-state index is -1.31. The maximum Gasteiger partial charge on any atom is 0.315 e. The third-order valence-electron chi connectivity index (χ3n) is 3.73. The molecule has 1 aromatic carbocycles. The Balaban J connectivity index is 1.83. The van der Waals surface area contributed by atoms with Crippen molar-refractivity contribution in [2.24, 2.45) is 0 Å². The summed E-state index contributed by atoms with van der Waals surface area (Å²) in [6.07, 6.45) is 0.383. The summed E-state index contributed by atoms with van der Waals surface area (Å²) in [5.74, 6) is 0.788. The van der Waals surface area contributed by atoms with Gasteiger partial charge in [0.05, 0.1) is 6.54 Å². The largest absolute Gasteiger partial charge is 0.463 e. The Labute approximate surface area is 140 Å². The lowest BCUT2D eigenvalue weighted by atomic mass is 10.0. The molecule has 2 unspecified atom stereocenters. The molecule has 0 saturated carbocycles. The van der Waals surface area contributed by atoms with Gasteiger partial charge in [0, 0.05) is 6.04 Å². The molecule has 2 amide bonds. The summed E-state index contributed by atoms with van der Waals surface area (Å²) in [7, 11) is 0. The van der Waals surface area contributed by atoms with Crippen LogP contribution in [0.4, 0.5) is 9.18 Å². The number of aryl methyl sites for hydroxylation is 1. The van der Waals surface area contributed by atoms with Gasteiger partial charge in [0.15, 0.2) is 0 Å². The van der Waals surface area contributed by atoms with Gasteiger partial charge in [-0.05, 0) is 51.0 Å². The topological polar surface area (TPSA) is 74.5 Å². The highest BCUT2D eigenvalue weighted by Crippen LogP contribution is 2.21. The van der Waals surface area contributed by atoms with Gasteiger partial charge in [-0.15, -0.1) is 0 Å². The first-order valence-corrected chi connectivity index (χ1v) is 7.85. The lowest BCUT2D eigenvalue weighted by molar-refractivity contribution is 0.0359. The number of halogens is 1. The van der Waals surface area contributed by atoms with E-state index in [9.17, 15) is 14.3 Å². The van der Waals surface area contributed by atoms with Gasteiger partial charge >= 0.3 is 6.03 Å². The Morgan fingerprint density at radius 2 is 2.04 bits per heavy atom. The molecule has 1 heterocycles. The molecule has 0 bridgehead atoms. The summed E-state index contributed by atoms with van der Waals surface area (Å²) < 4.78 is 19.0. The molecule has 0 fully saturated rings. The molecule has 0 spiro atoms. The third-order valence-corrected chi connectivity index (χ3v) is 3.73. The number of rotatable bonds is 6. The van der Waals surface area contributed by atoms with Crippen LogP contribution < -0.4 is 10.6 Å². The van der Waals surface area contributed by atoms with E-state index >= 15 is 0 Å². The number of carbonyl (C=O) groups excluding carboxylic acids is 1. The fourth-order valence-corrected chi connectivity index (χ4v) is 2.38. The fourth-order valence-electron chi connectivity index (χ4n) is 2.38. The van der Waals surface area contributed by atoms with Crippen LogP contribution in [0.15, 0.2) is 40.8 Å². The molecule has 6 heteroatoms. The summed E-state index contributed by atoms with van der Waals surface area (Å²) in [6, 6.07) is 9.21. The van der Waals surface area contributed by atoms with E-state index in [-0.39, 0.29) is 18.4 Å². The van der Waals surface area contributed by atoms with E-state index in [0.717, 1.165) is 0 Å². The van der Waals surface area contributed by atoms with Gasteiger partial charge in [-0.2, -0.15) is 0 Å². The minimum Gasteiger partial charge on any atom is -0.463 e. The Morgan fingerprint density at radius 1 is 1.33 bits per heavy atom. The lowest BCUT2D eigenvalue weighted by Crippen LogP contribution is -2.46. The van der Waals surface area contributed by atoms with E-state index in [1.807, 2.05) is 0 Å². The zero-order valence-corrected chi connectivity index (χ0v) is 14.1. The molecule has 0 aliphatic heterocycles. The molecule has 0 aliphatic rings. The second-order valence-corrected chi connectivity index (χ2v) is 6.21. The minimum absolute atomic E-state index is 0.00178. The van der Waals surface area contributed by atoms with Crippen LogP contribution in [0.2, 0.25) is 0 Å². The molecule has 0 aliphatic carbocycles. The zero-order valence-electron chi connectivity index (χ0n) is 14.1. The second-order valence-electron chi connectivity index (χ2n) is 6.21. The summed E-state index contributed by atoms with van der Waals surface area (Å²) >= 11 is 0. The van der Waals surface area contributed by atoms with Crippen LogP contribution in [-0.4, -0.2) is 23.7 Å². The molecule has 0 radical (unpaired) electrons. The Hall–Kier alpha value is -2.34. The summed E-state index contributed by atoms with van der Waals surface area (Å²) in [6.45, 7) is 5.14. The van der Waals surface area contributed by atoms with Gasteiger partial charge in [0.2, 0.25) is 0 Å². The van der Waals surface area contributed by atoms with Gasteiger partial charge in [-0.25, -0.2) is 9.18 Å². The molecule has 2 rings (SSSR count). The molecular weight excluding hydrogens is 311 g/mol. The average Bonchev–Trinajstić information content (AvgIpc) is 2.95. The van der Waals surface area contributed by atoms with Gasteiger partial charge < -0.3 is 20.2 Å². The predicted octanol–water partition coefficient (Wildman–Crippen LogP) is 2.87. The van der Waals surface area contributed by atoms with E-state index in [1.54, 1.807) is 51.1 Å². The van der Waals surface area contributed by atoms with Gasteiger partial charge in [-0.1, -0.05) is 18.2 Å². The lowest BCUT2D eigenvalue weighted by Gasteiger charge is -2.22. The number of carbonyl (C=O) groups is 1. The number of hydrogen-bond donors (Lipinski definition) is 3. The molecule has 5 nitrogen and oxygen atoms in total. The van der Waals surface area contributed by atoms with Crippen LogP contribution in [0.5, 0.6) is 0 Å². The van der Waals surface area contributed by atoms with Crippen molar-refractivity contribution in [1.82, 2.24) is 10.6 Å². The molecule has 2 aromatic rings. The normalized spacial score (nSPS) is 14.7. The van der Waals surface area contributed by atoms with Gasteiger partial charge in [-0.3, -0.25) is 0 Å². The number of urea groups is 1. The highest BCUT2D eigenvalue weighted by atomic mass is 19.1. The van der Waals surface area contributed by atoms with Crippen LogP contribution in [0.3, 0.4) is 0 Å². The van der Waals surface area contributed by atoms with Crippen molar-refractivity contribution >= 4 is 6.03 Å². The van der Waals surface area contributed by atoms with Crippen LogP contribution in [-0.2, 0) is 12.0 Å². The van der Waals surface area contributed by atoms with Crippen molar-refractivity contribution in [2.45, 2.75) is 38.8 Å². The number of aliphatic hydroxyl groups is 1. The SMILES string of the molecule is Cc1ccc(C(C)(O)CNC(=O)NC(C)Cc2ccccc2F)o1. The molecule has 130 valence electrons. The van der Waals surface area contributed by atoms with E-state index in [4.69, 9.17) is 4.42 Å². The standard InChI is InChI=1S/C18H23FN2O3/c1-12(10-14-6-4-5-7-15(14)19)21-17(22)20-11-18(3,23)16-9-8-13(2)24-16/h4-9,12,23H,10-11H2,1-3H3,(H2,20,21,22). The first-order chi connectivity index (χ1) is 11.3. The fraction of sp³-hybridized carbons (Fsp3) is 0.389. The first kappa shape index (κ1) is 18.0. The number of nitrogens with one attached hydrogen (secondary N) is 2. The Morgan fingerprint density at radius 3 is 2.67 bits per heavy atom. The van der Waals surface area contributed by atoms with Crippen LogP contribution in [0, 0.1) is 12.7 Å². The molecular formula is C18H23FN2O3. The Bertz CT molecular complexity index is 697. The zero-order chi connectivity index (χ0) is 17.7. The molecule has 2 atom stereocenters. The van der Waals surface area contributed by atoms with Crippen molar-refractivity contribution < 1.29 is 18.7 Å². The number of hydrogen-bond acceptors (Lipinski definition) is 3. The van der Waals surface area contributed by atoms with Gasteiger partial charge in [0.1, 0.15) is 22.9 Å². The van der Waals surface area contributed by atoms with Crippen LogP contribution in [0.1, 0.15) is 30.9 Å². The number of amides is 2. The number of benzene rings is 1. The van der Waals surface area contributed by atoms with E-state index < -0.39 is 11.6 Å². The molecule has 3 N–H and O–H groups in total. The number of furan rings is 1. The monoisotopic (exact) mass is 334 g/mol. The summed E-state index contributed by atoms with van der Waals surface area (Å²) in [4.78, 5) is 12.0. The maximum absolute atomic E-state index is 13.6. The summed E-state index contributed by atoms with van der Waals surface area (Å²) in [5.41, 5.74) is -0.760. The second kappa shape index (κ2) is 7.49. The highest BCUT2D eigenvalue weighted by Gasteiger charge is 2.27. The highest BCUT2D eigenvalue weighted by molar-refractivity contribution is 5.74. The van der Waals surface area contributed by atoms with Crippen molar-refractivity contribution in [3.05, 3.63) is 59.3 Å². The van der Waals surface area contributed by atoms with Crippen molar-refractivity contribution in [3.63, 3.8) is 0 Å². The van der Waals surface area contributed by atoms with E-state index in [1.165, 1.54) is 6.07 Å². The van der Waals surface area contributed by atoms with E-state index in [0.29, 0.717) is 23.5 Å². The molecule has 0 saturated heterocycles. The van der Waals surface area contributed by atoms with Crippen LogP contribution >= 0.6 is 0 Å². The molecule has 24 heavy (non-hydrogen) atoms. The maximum atomic E-state index is 13.6. The summed E-state index contributed by atoms with van der Waals surface area (Å²) in [5, 5.41) is 15.7. The van der Waals surface area contributed by atoms with Crippen molar-refractivity contribution in [2.75, 3.05) is 6.54 Å². The third kappa shape index (κ3) is 4.83. The quantitative estimate of drug-likeness (QED) is 0.760. The van der Waals surface area contributed by atoms with Crippen molar-refractivity contribution in [3.8, 4) is 0 Å². The smallest absolute Gasteiger partial charge is 0.315 e. The van der Waals surface area contributed by atoms with Crippen LogP contribution in [0.25, 0.3) is 0 Å². The van der Waals surface area contributed by atoms with Crippen molar-refractivity contribution in [1.29, 1.82) is 0 Å². The predicted molar refractivity (Wildman–Crippen MR) is 89.1 cm³/mol. The average molecular weight is 334 g/mol. The van der Waals surface area contributed by atoms with E-state index in [2.05, 4.69) is 10.6 Å².